The Bertz CT molecular complexity index is 1140. The first kappa shape index (κ1) is 21.7. The number of thioether (sulfide) groups is 1. The largest absolute Gasteiger partial charge is 0.324 e. The zero-order valence-electron chi connectivity index (χ0n) is 14.7. The van der Waals surface area contributed by atoms with Gasteiger partial charge in [-0.05, 0) is 58.4 Å². The minimum absolute atomic E-state index is 0.0483. The van der Waals surface area contributed by atoms with Crippen LogP contribution in [0.25, 0.3) is 11.3 Å². The molecule has 1 aromatic heterocycles. The van der Waals surface area contributed by atoms with Gasteiger partial charge < -0.3 is 5.32 Å². The normalized spacial score (nSPS) is 11.3. The van der Waals surface area contributed by atoms with Crippen LogP contribution in [0.5, 0.6) is 0 Å². The number of anilines is 1. The average molecular weight is 514 g/mol. The number of carbonyl (C=O) groups excluding carboxylic acids is 1. The van der Waals surface area contributed by atoms with E-state index in [1.807, 2.05) is 18.2 Å². The lowest BCUT2D eigenvalue weighted by molar-refractivity contribution is -0.113. The van der Waals surface area contributed by atoms with E-state index in [2.05, 4.69) is 31.4 Å². The second-order valence-corrected chi connectivity index (χ2v) is 9.64. The zero-order chi connectivity index (χ0) is 21.0. The molecule has 2 aromatic carbocycles. The number of halogens is 2. The van der Waals surface area contributed by atoms with Crippen molar-refractivity contribution in [3.63, 3.8) is 0 Å². The molecule has 7 nitrogen and oxygen atoms in total. The number of aromatic nitrogens is 2. The minimum Gasteiger partial charge on any atom is -0.324 e. The Balaban J connectivity index is 1.59. The van der Waals surface area contributed by atoms with Crippen LogP contribution in [-0.2, 0) is 14.8 Å². The van der Waals surface area contributed by atoms with Crippen molar-refractivity contribution in [3.05, 3.63) is 64.1 Å². The van der Waals surface area contributed by atoms with Crippen molar-refractivity contribution in [2.24, 2.45) is 5.14 Å². The number of primary sulfonamides is 1. The summed E-state index contributed by atoms with van der Waals surface area (Å²) < 4.78 is 23.1. The van der Waals surface area contributed by atoms with Crippen molar-refractivity contribution in [2.45, 2.75) is 9.92 Å². The molecule has 0 aliphatic rings. The van der Waals surface area contributed by atoms with E-state index in [1.54, 1.807) is 18.2 Å². The molecule has 0 bridgehead atoms. The van der Waals surface area contributed by atoms with Crippen molar-refractivity contribution >= 4 is 60.9 Å². The molecule has 150 valence electrons. The number of benzene rings is 2. The van der Waals surface area contributed by atoms with E-state index in [4.69, 9.17) is 16.7 Å². The second kappa shape index (κ2) is 9.23. The SMILES string of the molecule is NS(=O)(=O)c1ccc(NC(=O)CSc2ccc(-c3ccc(Cl)cc3)nn2)c(Br)c1. The highest BCUT2D eigenvalue weighted by Crippen LogP contribution is 2.26. The predicted molar refractivity (Wildman–Crippen MR) is 117 cm³/mol. The molecule has 3 N–H and O–H groups in total. The third-order valence-electron chi connectivity index (χ3n) is 3.67. The lowest BCUT2D eigenvalue weighted by atomic mass is 10.1. The molecule has 1 heterocycles. The number of nitrogens with zero attached hydrogens (tertiary/aromatic N) is 2. The number of hydrogen-bond donors (Lipinski definition) is 2. The number of nitrogens with one attached hydrogen (secondary N) is 1. The van der Waals surface area contributed by atoms with E-state index in [1.165, 1.54) is 30.0 Å². The Kier molecular flexibility index (Phi) is 6.91. The molecule has 1 amide bonds. The van der Waals surface area contributed by atoms with Gasteiger partial charge in [-0.1, -0.05) is 35.5 Å². The minimum atomic E-state index is -3.81. The number of carbonyl (C=O) groups is 1. The van der Waals surface area contributed by atoms with Crippen LogP contribution in [0.4, 0.5) is 5.69 Å². The van der Waals surface area contributed by atoms with Gasteiger partial charge in [0.25, 0.3) is 0 Å². The summed E-state index contributed by atoms with van der Waals surface area (Å²) in [6.45, 7) is 0. The summed E-state index contributed by atoms with van der Waals surface area (Å²) in [6, 6.07) is 15.0. The predicted octanol–water partition coefficient (Wildman–Crippen LogP) is 3.94. The van der Waals surface area contributed by atoms with Crippen molar-refractivity contribution in [1.29, 1.82) is 0 Å². The molecule has 0 unspecified atom stereocenters. The molecule has 0 aliphatic heterocycles. The summed E-state index contributed by atoms with van der Waals surface area (Å²) in [6.07, 6.45) is 0. The van der Waals surface area contributed by atoms with Crippen LogP contribution >= 0.6 is 39.3 Å². The van der Waals surface area contributed by atoms with Gasteiger partial charge in [0.15, 0.2) is 0 Å². The van der Waals surface area contributed by atoms with Gasteiger partial charge in [0.2, 0.25) is 15.9 Å². The van der Waals surface area contributed by atoms with Crippen LogP contribution in [0, 0.1) is 0 Å². The first-order valence-electron chi connectivity index (χ1n) is 8.07. The Morgan fingerprint density at radius 3 is 2.41 bits per heavy atom. The fourth-order valence-corrected chi connectivity index (χ4v) is 4.18. The maximum Gasteiger partial charge on any atom is 0.238 e. The summed E-state index contributed by atoms with van der Waals surface area (Å²) in [7, 11) is -3.81. The van der Waals surface area contributed by atoms with Gasteiger partial charge in [0.05, 0.1) is 22.0 Å². The molecule has 3 aromatic rings. The fourth-order valence-electron chi connectivity index (χ4n) is 2.27. The van der Waals surface area contributed by atoms with Crippen LogP contribution in [0.2, 0.25) is 5.02 Å². The standard InChI is InChI=1S/C18H14BrClN4O3S2/c19-14-9-13(29(21,26)27)5-6-16(14)22-17(25)10-28-18-8-7-15(23-24-18)11-1-3-12(20)4-2-11/h1-9H,10H2,(H,22,25)(H2,21,26,27). The molecule has 0 aliphatic carbocycles. The summed E-state index contributed by atoms with van der Waals surface area (Å²) in [4.78, 5) is 12.1. The van der Waals surface area contributed by atoms with Gasteiger partial charge in [0, 0.05) is 15.1 Å². The number of hydrogen-bond acceptors (Lipinski definition) is 6. The quantitative estimate of drug-likeness (QED) is 0.483. The molecule has 0 radical (unpaired) electrons. The van der Waals surface area contributed by atoms with Crippen LogP contribution in [0.3, 0.4) is 0 Å². The van der Waals surface area contributed by atoms with E-state index in [-0.39, 0.29) is 16.6 Å². The average Bonchev–Trinajstić information content (AvgIpc) is 2.68. The summed E-state index contributed by atoms with van der Waals surface area (Å²) in [5.74, 6) is -0.166. The molecular formula is C18H14BrClN4O3S2. The lowest BCUT2D eigenvalue weighted by Gasteiger charge is -2.08. The van der Waals surface area contributed by atoms with Gasteiger partial charge in [-0.25, -0.2) is 13.6 Å². The van der Waals surface area contributed by atoms with Crippen molar-refractivity contribution in [2.75, 3.05) is 11.1 Å². The number of nitrogens with two attached hydrogens (primary N) is 1. The fraction of sp³-hybridized carbons (Fsp3) is 0.0556. The van der Waals surface area contributed by atoms with Crippen molar-refractivity contribution in [3.8, 4) is 11.3 Å². The van der Waals surface area contributed by atoms with Gasteiger partial charge in [0.1, 0.15) is 5.03 Å². The van der Waals surface area contributed by atoms with E-state index in [0.29, 0.717) is 25.9 Å². The summed E-state index contributed by atoms with van der Waals surface area (Å²) in [5.41, 5.74) is 2.03. The van der Waals surface area contributed by atoms with Crippen LogP contribution in [0.1, 0.15) is 0 Å². The Morgan fingerprint density at radius 1 is 1.10 bits per heavy atom. The maximum atomic E-state index is 12.2. The number of amides is 1. The van der Waals surface area contributed by atoms with E-state index < -0.39 is 10.0 Å². The topological polar surface area (TPSA) is 115 Å². The molecule has 0 saturated carbocycles. The van der Waals surface area contributed by atoms with Gasteiger partial charge in [-0.3, -0.25) is 4.79 Å². The second-order valence-electron chi connectivity index (χ2n) is 5.79. The maximum absolute atomic E-state index is 12.2. The van der Waals surface area contributed by atoms with Crippen LogP contribution in [0.15, 0.2) is 69.0 Å². The molecule has 0 spiro atoms. The monoisotopic (exact) mass is 512 g/mol. The molecule has 11 heteroatoms. The molecular weight excluding hydrogens is 500 g/mol. The molecule has 0 atom stereocenters. The zero-order valence-corrected chi connectivity index (χ0v) is 18.6. The van der Waals surface area contributed by atoms with Gasteiger partial charge >= 0.3 is 0 Å². The third-order valence-corrected chi connectivity index (χ3v) is 6.41. The van der Waals surface area contributed by atoms with Crippen molar-refractivity contribution in [1.82, 2.24) is 10.2 Å². The Labute approximate surface area is 185 Å². The molecule has 3 rings (SSSR count). The van der Waals surface area contributed by atoms with Gasteiger partial charge in [-0.15, -0.1) is 10.2 Å². The van der Waals surface area contributed by atoms with Crippen LogP contribution < -0.4 is 10.5 Å². The highest BCUT2D eigenvalue weighted by Gasteiger charge is 2.12. The van der Waals surface area contributed by atoms with E-state index >= 15 is 0 Å². The highest BCUT2D eigenvalue weighted by molar-refractivity contribution is 9.10. The molecule has 0 saturated heterocycles. The molecule has 29 heavy (non-hydrogen) atoms. The third kappa shape index (κ3) is 6.00. The van der Waals surface area contributed by atoms with Gasteiger partial charge in [-0.2, -0.15) is 0 Å². The van der Waals surface area contributed by atoms with E-state index in [0.717, 1.165) is 5.56 Å². The Morgan fingerprint density at radius 2 is 1.83 bits per heavy atom. The van der Waals surface area contributed by atoms with Crippen LogP contribution in [-0.4, -0.2) is 30.3 Å². The lowest BCUT2D eigenvalue weighted by Crippen LogP contribution is -2.16. The highest BCUT2D eigenvalue weighted by atomic mass is 79.9. The van der Waals surface area contributed by atoms with E-state index in [9.17, 15) is 13.2 Å². The Hall–Kier alpha value is -1.98. The number of sulfonamides is 1. The smallest absolute Gasteiger partial charge is 0.238 e. The first-order valence-corrected chi connectivity index (χ1v) is 11.8. The molecule has 0 fully saturated rings. The number of rotatable bonds is 6. The summed E-state index contributed by atoms with van der Waals surface area (Å²) >= 11 is 10.3. The first-order chi connectivity index (χ1) is 13.7. The van der Waals surface area contributed by atoms with Crippen molar-refractivity contribution < 1.29 is 13.2 Å². The summed E-state index contributed by atoms with van der Waals surface area (Å²) in [5, 5.41) is 17.3.